The lowest BCUT2D eigenvalue weighted by Gasteiger charge is -2.12. The molecule has 1 aromatic carbocycles. The topological polar surface area (TPSA) is 73.3 Å². The van der Waals surface area contributed by atoms with Gasteiger partial charge in [0.2, 0.25) is 0 Å². The number of halogens is 1. The van der Waals surface area contributed by atoms with Crippen LogP contribution in [-0.4, -0.2) is 22.8 Å². The van der Waals surface area contributed by atoms with E-state index < -0.39 is 5.69 Å². The number of hydrogen-bond acceptors (Lipinski definition) is 4. The fraction of sp³-hybridized carbons (Fsp3) is 0.333. The number of rotatable bonds is 6. The van der Waals surface area contributed by atoms with Crippen LogP contribution in [0.2, 0.25) is 5.02 Å². The van der Waals surface area contributed by atoms with Crippen LogP contribution in [0.15, 0.2) is 33.9 Å². The van der Waals surface area contributed by atoms with Gasteiger partial charge in [-0.05, 0) is 38.1 Å². The summed E-state index contributed by atoms with van der Waals surface area (Å²) in [6, 6.07) is 7.01. The van der Waals surface area contributed by atoms with Crippen molar-refractivity contribution in [1.82, 2.24) is 9.55 Å². The van der Waals surface area contributed by atoms with Gasteiger partial charge in [-0.1, -0.05) is 11.6 Å². The first-order valence-electron chi connectivity index (χ1n) is 6.75. The third-order valence-corrected chi connectivity index (χ3v) is 3.54. The third-order valence-electron chi connectivity index (χ3n) is 3.28. The molecule has 1 heterocycles. The average Bonchev–Trinajstić information content (AvgIpc) is 2.49. The summed E-state index contributed by atoms with van der Waals surface area (Å²) in [7, 11) is 0. The number of benzene rings is 1. The highest BCUT2D eigenvalue weighted by atomic mass is 35.5. The first-order valence-corrected chi connectivity index (χ1v) is 7.13. The standard InChI is InChI=1S/C15H17ClN2O4/c1-10-11(2)18(15(20)17-14(10)19)9-21-7-8-22-13-5-3-12(16)4-6-13/h3-6H,7-9H2,1-2H3,(H,17,19,20). The smallest absolute Gasteiger partial charge is 0.330 e. The van der Waals surface area contributed by atoms with Gasteiger partial charge < -0.3 is 9.47 Å². The Balaban J connectivity index is 1.85. The molecule has 0 radical (unpaired) electrons. The van der Waals surface area contributed by atoms with E-state index in [0.717, 1.165) is 0 Å². The first-order chi connectivity index (χ1) is 10.5. The highest BCUT2D eigenvalue weighted by Gasteiger charge is 2.07. The Morgan fingerprint density at radius 1 is 1.14 bits per heavy atom. The maximum absolute atomic E-state index is 11.7. The Bertz CT molecular complexity index is 750. The zero-order valence-corrected chi connectivity index (χ0v) is 13.1. The van der Waals surface area contributed by atoms with E-state index >= 15 is 0 Å². The van der Waals surface area contributed by atoms with E-state index in [0.29, 0.717) is 35.2 Å². The minimum absolute atomic E-state index is 0.0618. The summed E-state index contributed by atoms with van der Waals surface area (Å²) in [5.74, 6) is 0.696. The summed E-state index contributed by atoms with van der Waals surface area (Å²) >= 11 is 5.78. The third kappa shape index (κ3) is 3.99. The van der Waals surface area contributed by atoms with Gasteiger partial charge in [0.1, 0.15) is 19.1 Å². The van der Waals surface area contributed by atoms with Gasteiger partial charge in [-0.15, -0.1) is 0 Å². The monoisotopic (exact) mass is 324 g/mol. The van der Waals surface area contributed by atoms with Crippen LogP contribution in [-0.2, 0) is 11.5 Å². The molecule has 118 valence electrons. The SMILES string of the molecule is Cc1c(C)n(COCCOc2ccc(Cl)cc2)c(=O)[nH]c1=O. The van der Waals surface area contributed by atoms with Crippen LogP contribution >= 0.6 is 11.6 Å². The van der Waals surface area contributed by atoms with Gasteiger partial charge in [-0.2, -0.15) is 0 Å². The molecule has 6 nitrogen and oxygen atoms in total. The molecule has 0 bridgehead atoms. The van der Waals surface area contributed by atoms with Gasteiger partial charge in [0.25, 0.3) is 5.56 Å². The molecule has 0 aliphatic rings. The van der Waals surface area contributed by atoms with Crippen LogP contribution < -0.4 is 16.0 Å². The summed E-state index contributed by atoms with van der Waals surface area (Å²) in [4.78, 5) is 25.4. The molecule has 0 aliphatic heterocycles. The minimum Gasteiger partial charge on any atom is -0.491 e. The quantitative estimate of drug-likeness (QED) is 0.823. The molecule has 0 spiro atoms. The molecule has 2 aromatic rings. The largest absolute Gasteiger partial charge is 0.491 e. The second-order valence-corrected chi connectivity index (χ2v) is 5.17. The lowest BCUT2D eigenvalue weighted by Crippen LogP contribution is -2.34. The molecule has 0 fully saturated rings. The van der Waals surface area contributed by atoms with Crippen LogP contribution in [0.4, 0.5) is 0 Å². The van der Waals surface area contributed by atoms with Crippen molar-refractivity contribution in [2.45, 2.75) is 20.6 Å². The Kier molecular flexibility index (Phi) is 5.41. The first kappa shape index (κ1) is 16.3. The second-order valence-electron chi connectivity index (χ2n) is 4.74. The van der Waals surface area contributed by atoms with Crippen molar-refractivity contribution >= 4 is 11.6 Å². The van der Waals surface area contributed by atoms with Crippen LogP contribution in [0.25, 0.3) is 0 Å². The fourth-order valence-electron chi connectivity index (χ4n) is 1.84. The molecule has 1 aromatic heterocycles. The van der Waals surface area contributed by atoms with Crippen molar-refractivity contribution in [2.75, 3.05) is 13.2 Å². The van der Waals surface area contributed by atoms with E-state index in [4.69, 9.17) is 21.1 Å². The lowest BCUT2D eigenvalue weighted by atomic mass is 10.3. The summed E-state index contributed by atoms with van der Waals surface area (Å²) in [6.07, 6.45) is 0. The van der Waals surface area contributed by atoms with Crippen molar-refractivity contribution in [2.24, 2.45) is 0 Å². The molecule has 2 rings (SSSR count). The summed E-state index contributed by atoms with van der Waals surface area (Å²) in [5.41, 5.74) is 0.240. The van der Waals surface area contributed by atoms with Crippen molar-refractivity contribution in [3.8, 4) is 5.75 Å². The maximum Gasteiger partial charge on any atom is 0.330 e. The summed E-state index contributed by atoms with van der Waals surface area (Å²) < 4.78 is 12.3. The minimum atomic E-state index is -0.480. The van der Waals surface area contributed by atoms with E-state index in [1.54, 1.807) is 38.1 Å². The molecule has 7 heteroatoms. The van der Waals surface area contributed by atoms with Gasteiger partial charge in [-0.3, -0.25) is 14.3 Å². The van der Waals surface area contributed by atoms with E-state index in [9.17, 15) is 9.59 Å². The molecular weight excluding hydrogens is 308 g/mol. The Morgan fingerprint density at radius 2 is 1.82 bits per heavy atom. The van der Waals surface area contributed by atoms with Gasteiger partial charge >= 0.3 is 5.69 Å². The van der Waals surface area contributed by atoms with Crippen LogP contribution in [0.5, 0.6) is 5.75 Å². The summed E-state index contributed by atoms with van der Waals surface area (Å²) in [5, 5.41) is 0.645. The van der Waals surface area contributed by atoms with E-state index in [1.165, 1.54) is 4.57 Å². The van der Waals surface area contributed by atoms with Crippen LogP contribution in [0.1, 0.15) is 11.3 Å². The molecule has 0 saturated carbocycles. The Morgan fingerprint density at radius 3 is 2.50 bits per heavy atom. The molecule has 1 N–H and O–H groups in total. The predicted octanol–water partition coefficient (Wildman–Crippen LogP) is 1.86. The van der Waals surface area contributed by atoms with Crippen LogP contribution in [0, 0.1) is 13.8 Å². The zero-order chi connectivity index (χ0) is 16.1. The van der Waals surface area contributed by atoms with Crippen LogP contribution in [0.3, 0.4) is 0 Å². The number of nitrogens with one attached hydrogen (secondary N) is 1. The number of ether oxygens (including phenoxy) is 2. The van der Waals surface area contributed by atoms with E-state index in [-0.39, 0.29) is 12.3 Å². The van der Waals surface area contributed by atoms with Crippen molar-refractivity contribution < 1.29 is 9.47 Å². The van der Waals surface area contributed by atoms with Crippen molar-refractivity contribution in [3.63, 3.8) is 0 Å². The Labute approximate surface area is 132 Å². The second kappa shape index (κ2) is 7.29. The normalized spacial score (nSPS) is 10.7. The van der Waals surface area contributed by atoms with Crippen molar-refractivity contribution in [3.05, 3.63) is 61.4 Å². The molecule has 0 atom stereocenters. The molecule has 0 unspecified atom stereocenters. The van der Waals surface area contributed by atoms with Gasteiger partial charge in [0.05, 0.1) is 6.61 Å². The number of aromatic nitrogens is 2. The number of hydrogen-bond donors (Lipinski definition) is 1. The maximum atomic E-state index is 11.7. The van der Waals surface area contributed by atoms with E-state index in [2.05, 4.69) is 4.98 Å². The highest BCUT2D eigenvalue weighted by Crippen LogP contribution is 2.15. The van der Waals surface area contributed by atoms with Crippen molar-refractivity contribution in [1.29, 1.82) is 0 Å². The number of aromatic amines is 1. The van der Waals surface area contributed by atoms with Gasteiger partial charge in [0, 0.05) is 16.3 Å². The van der Waals surface area contributed by atoms with Gasteiger partial charge in [0.15, 0.2) is 0 Å². The Hall–Kier alpha value is -2.05. The number of nitrogens with zero attached hydrogens (tertiary/aromatic N) is 1. The fourth-order valence-corrected chi connectivity index (χ4v) is 1.96. The average molecular weight is 325 g/mol. The predicted molar refractivity (Wildman–Crippen MR) is 83.7 cm³/mol. The zero-order valence-electron chi connectivity index (χ0n) is 12.4. The molecule has 0 aliphatic carbocycles. The molecule has 0 amide bonds. The lowest BCUT2D eigenvalue weighted by molar-refractivity contribution is 0.0500. The van der Waals surface area contributed by atoms with Gasteiger partial charge in [-0.25, -0.2) is 4.79 Å². The molecular formula is C15H17ClN2O4. The number of H-pyrrole nitrogens is 1. The molecule has 0 saturated heterocycles. The molecule has 22 heavy (non-hydrogen) atoms. The summed E-state index contributed by atoms with van der Waals surface area (Å²) in [6.45, 7) is 4.09. The highest BCUT2D eigenvalue weighted by molar-refractivity contribution is 6.30. The van der Waals surface area contributed by atoms with E-state index in [1.807, 2.05) is 0 Å².